The van der Waals surface area contributed by atoms with E-state index >= 15 is 0 Å². The number of methoxy groups -OCH3 is 1. The van der Waals surface area contributed by atoms with E-state index in [0.717, 1.165) is 11.4 Å². The molecule has 0 radical (unpaired) electrons. The smallest absolute Gasteiger partial charge is 0.294 e. The molecular weight excluding hydrogens is 294 g/mol. The molecule has 0 saturated carbocycles. The van der Waals surface area contributed by atoms with Crippen molar-refractivity contribution in [2.24, 2.45) is 0 Å². The van der Waals surface area contributed by atoms with Crippen molar-refractivity contribution in [2.75, 3.05) is 17.7 Å². The van der Waals surface area contributed by atoms with Gasteiger partial charge in [-0.3, -0.25) is 4.79 Å². The van der Waals surface area contributed by atoms with Crippen molar-refractivity contribution in [3.8, 4) is 5.88 Å². The van der Waals surface area contributed by atoms with E-state index in [-0.39, 0.29) is 17.5 Å². The number of nitrogens with one attached hydrogen (secondary N) is 2. The monoisotopic (exact) mass is 309 g/mol. The first-order chi connectivity index (χ1) is 11.2. The van der Waals surface area contributed by atoms with Crippen LogP contribution in [-0.2, 0) is 0 Å². The summed E-state index contributed by atoms with van der Waals surface area (Å²) < 4.78 is 9.77. The molecule has 1 amide bonds. The number of benzene rings is 2. The highest BCUT2D eigenvalue weighted by Crippen LogP contribution is 2.19. The van der Waals surface area contributed by atoms with Gasteiger partial charge in [-0.15, -0.1) is 0 Å². The molecule has 23 heavy (non-hydrogen) atoms. The van der Waals surface area contributed by atoms with Gasteiger partial charge >= 0.3 is 0 Å². The number of carbonyl (C=O) groups is 1. The third-order valence-electron chi connectivity index (χ3n) is 3.13. The van der Waals surface area contributed by atoms with Crippen LogP contribution in [-0.4, -0.2) is 18.2 Å². The van der Waals surface area contributed by atoms with E-state index in [0.29, 0.717) is 5.69 Å². The first-order valence-electron chi connectivity index (χ1n) is 6.99. The summed E-state index contributed by atoms with van der Waals surface area (Å²) in [5.41, 5.74) is 2.58. The molecule has 0 fully saturated rings. The molecule has 3 rings (SSSR count). The third-order valence-corrected chi connectivity index (χ3v) is 3.13. The molecule has 0 saturated heterocycles. The second-order valence-corrected chi connectivity index (χ2v) is 4.76. The number of rotatable bonds is 5. The standard InChI is InChI=1S/C17H15N3O3/c1-22-16-11-15(23-20-16)17(21)19-14-9-7-13(8-10-14)18-12-5-3-2-4-6-12/h2-11,18H,1H3,(H,19,21). The number of ether oxygens (including phenoxy) is 1. The number of hydrogen-bond acceptors (Lipinski definition) is 5. The zero-order valence-electron chi connectivity index (χ0n) is 12.4. The highest BCUT2D eigenvalue weighted by molar-refractivity contribution is 6.02. The summed E-state index contributed by atoms with van der Waals surface area (Å²) in [6, 6.07) is 18.6. The van der Waals surface area contributed by atoms with Gasteiger partial charge < -0.3 is 19.9 Å². The molecule has 6 heteroatoms. The second kappa shape index (κ2) is 6.65. The molecule has 0 atom stereocenters. The fourth-order valence-electron chi connectivity index (χ4n) is 1.98. The average molecular weight is 309 g/mol. The Hall–Kier alpha value is -3.28. The predicted molar refractivity (Wildman–Crippen MR) is 87.2 cm³/mol. The minimum atomic E-state index is -0.385. The van der Waals surface area contributed by atoms with Crippen LogP contribution in [0.1, 0.15) is 10.6 Å². The van der Waals surface area contributed by atoms with Crippen LogP contribution in [0.2, 0.25) is 0 Å². The van der Waals surface area contributed by atoms with Crippen LogP contribution in [0.25, 0.3) is 0 Å². The minimum Gasteiger partial charge on any atom is -0.479 e. The van der Waals surface area contributed by atoms with Gasteiger partial charge in [0.1, 0.15) is 0 Å². The maximum absolute atomic E-state index is 12.0. The molecular formula is C17H15N3O3. The lowest BCUT2D eigenvalue weighted by Crippen LogP contribution is -2.10. The van der Waals surface area contributed by atoms with Crippen LogP contribution in [0.3, 0.4) is 0 Å². The van der Waals surface area contributed by atoms with Crippen molar-refractivity contribution in [1.29, 1.82) is 0 Å². The highest BCUT2D eigenvalue weighted by Gasteiger charge is 2.13. The summed E-state index contributed by atoms with van der Waals surface area (Å²) in [6.07, 6.45) is 0. The Kier molecular flexibility index (Phi) is 4.24. The zero-order valence-corrected chi connectivity index (χ0v) is 12.4. The van der Waals surface area contributed by atoms with E-state index in [2.05, 4.69) is 15.8 Å². The number of anilines is 3. The van der Waals surface area contributed by atoms with Gasteiger partial charge in [0.15, 0.2) is 0 Å². The molecule has 1 aromatic heterocycles. The van der Waals surface area contributed by atoms with Gasteiger partial charge in [-0.05, 0) is 41.6 Å². The van der Waals surface area contributed by atoms with Gasteiger partial charge in [0.2, 0.25) is 5.76 Å². The van der Waals surface area contributed by atoms with Crippen LogP contribution in [0.5, 0.6) is 5.88 Å². The Bertz CT molecular complexity index is 782. The van der Waals surface area contributed by atoms with Crippen molar-refractivity contribution >= 4 is 23.0 Å². The topological polar surface area (TPSA) is 76.4 Å². The van der Waals surface area contributed by atoms with E-state index in [4.69, 9.17) is 9.26 Å². The molecule has 0 aliphatic rings. The molecule has 2 aromatic carbocycles. The molecule has 0 aliphatic heterocycles. The predicted octanol–water partition coefficient (Wildman–Crippen LogP) is 3.68. The van der Waals surface area contributed by atoms with Crippen molar-refractivity contribution in [3.63, 3.8) is 0 Å². The van der Waals surface area contributed by atoms with E-state index in [1.54, 1.807) is 12.1 Å². The lowest BCUT2D eigenvalue weighted by atomic mass is 10.2. The summed E-state index contributed by atoms with van der Waals surface area (Å²) in [5, 5.41) is 9.59. The quantitative estimate of drug-likeness (QED) is 0.752. The zero-order chi connectivity index (χ0) is 16.1. The molecule has 0 bridgehead atoms. The summed E-state index contributed by atoms with van der Waals surface area (Å²) in [7, 11) is 1.46. The van der Waals surface area contributed by atoms with Gasteiger partial charge in [0.25, 0.3) is 11.8 Å². The molecule has 2 N–H and O–H groups in total. The molecule has 0 aliphatic carbocycles. The Morgan fingerprint density at radius 1 is 1.00 bits per heavy atom. The normalized spacial score (nSPS) is 10.1. The van der Waals surface area contributed by atoms with Gasteiger partial charge in [0.05, 0.1) is 13.2 Å². The molecule has 3 aromatic rings. The van der Waals surface area contributed by atoms with Crippen molar-refractivity contribution in [3.05, 3.63) is 66.4 Å². The van der Waals surface area contributed by atoms with E-state index < -0.39 is 0 Å². The van der Waals surface area contributed by atoms with Crippen LogP contribution in [0, 0.1) is 0 Å². The fourth-order valence-corrected chi connectivity index (χ4v) is 1.98. The lowest BCUT2D eigenvalue weighted by Gasteiger charge is -2.07. The second-order valence-electron chi connectivity index (χ2n) is 4.76. The first kappa shape index (κ1) is 14.6. The van der Waals surface area contributed by atoms with Gasteiger partial charge in [0, 0.05) is 17.1 Å². The van der Waals surface area contributed by atoms with E-state index in [9.17, 15) is 4.79 Å². The highest BCUT2D eigenvalue weighted by atomic mass is 16.5. The number of hydrogen-bond donors (Lipinski definition) is 2. The number of nitrogens with zero attached hydrogens (tertiary/aromatic N) is 1. The maximum Gasteiger partial charge on any atom is 0.294 e. The molecule has 1 heterocycles. The van der Waals surface area contributed by atoms with E-state index in [1.165, 1.54) is 13.2 Å². The summed E-state index contributed by atoms with van der Waals surface area (Å²) in [5.74, 6) is -0.0320. The fraction of sp³-hybridized carbons (Fsp3) is 0.0588. The van der Waals surface area contributed by atoms with Crippen molar-refractivity contribution in [2.45, 2.75) is 0 Å². The summed E-state index contributed by atoms with van der Waals surface area (Å²) >= 11 is 0. The van der Waals surface area contributed by atoms with Crippen molar-refractivity contribution in [1.82, 2.24) is 5.16 Å². The largest absolute Gasteiger partial charge is 0.479 e. The molecule has 116 valence electrons. The van der Waals surface area contributed by atoms with Crippen LogP contribution in [0.4, 0.5) is 17.1 Å². The maximum atomic E-state index is 12.0. The SMILES string of the molecule is COc1cc(C(=O)Nc2ccc(Nc3ccccc3)cc2)on1. The summed E-state index contributed by atoms with van der Waals surface area (Å²) in [4.78, 5) is 12.0. The van der Waals surface area contributed by atoms with Gasteiger partial charge in [-0.2, -0.15) is 0 Å². The Morgan fingerprint density at radius 2 is 1.65 bits per heavy atom. The van der Waals surface area contributed by atoms with E-state index in [1.807, 2.05) is 42.5 Å². The van der Waals surface area contributed by atoms with Gasteiger partial charge in [-0.25, -0.2) is 0 Å². The van der Waals surface area contributed by atoms with Crippen molar-refractivity contribution < 1.29 is 14.1 Å². The van der Waals surface area contributed by atoms with Gasteiger partial charge in [-0.1, -0.05) is 18.2 Å². The first-order valence-corrected chi connectivity index (χ1v) is 6.99. The average Bonchev–Trinajstić information content (AvgIpc) is 3.07. The minimum absolute atomic E-state index is 0.0911. The summed E-state index contributed by atoms with van der Waals surface area (Å²) in [6.45, 7) is 0. The number of para-hydroxylation sites is 1. The Morgan fingerprint density at radius 3 is 2.30 bits per heavy atom. The Labute approximate surface area is 133 Å². The van der Waals surface area contributed by atoms with Crippen LogP contribution in [0.15, 0.2) is 65.2 Å². The lowest BCUT2D eigenvalue weighted by molar-refractivity contribution is 0.0987. The van der Waals surface area contributed by atoms with Crippen LogP contribution < -0.4 is 15.4 Å². The number of aromatic nitrogens is 1. The Balaban J connectivity index is 1.64. The van der Waals surface area contributed by atoms with Crippen LogP contribution >= 0.6 is 0 Å². The molecule has 6 nitrogen and oxygen atoms in total. The molecule has 0 unspecified atom stereocenters. The number of amides is 1. The number of carbonyl (C=O) groups excluding carboxylic acids is 1. The third kappa shape index (κ3) is 3.68. The molecule has 0 spiro atoms.